The first-order valence-electron chi connectivity index (χ1n) is 17.5. The van der Waals surface area contributed by atoms with Crippen molar-refractivity contribution in [2.75, 3.05) is 46.0 Å². The van der Waals surface area contributed by atoms with Crippen molar-refractivity contribution in [2.45, 2.75) is 82.7 Å². The molecule has 1 N–H and O–H groups in total. The Hall–Kier alpha value is -3.02. The van der Waals surface area contributed by atoms with Gasteiger partial charge in [0, 0.05) is 51.5 Å². The zero-order chi connectivity index (χ0) is 36.7. The molecule has 0 unspecified atom stereocenters. The van der Waals surface area contributed by atoms with Crippen molar-refractivity contribution in [3.05, 3.63) is 63.0 Å². The number of halogens is 1. The number of nitrogens with zero attached hydrogens (tertiary/aromatic N) is 4. The molecule has 4 aliphatic rings. The molecule has 3 atom stereocenters. The quantitative estimate of drug-likeness (QED) is 0.247. The number of nitrogens with one attached hydrogen (secondary N) is 1. The molecule has 4 heterocycles. The minimum absolute atomic E-state index is 0.138. The van der Waals surface area contributed by atoms with Crippen LogP contribution in [0, 0.1) is 18.2 Å². The fourth-order valence-corrected chi connectivity index (χ4v) is 10.8. The average molecular weight is 762 g/mol. The molecule has 3 fully saturated rings. The molecule has 3 aliphatic heterocycles. The van der Waals surface area contributed by atoms with Crippen molar-refractivity contribution in [1.29, 1.82) is 0 Å². The zero-order valence-corrected chi connectivity index (χ0v) is 32.7. The van der Waals surface area contributed by atoms with Gasteiger partial charge in [0.05, 0.1) is 48.2 Å². The van der Waals surface area contributed by atoms with Crippen LogP contribution in [0.15, 0.2) is 46.0 Å². The van der Waals surface area contributed by atoms with Gasteiger partial charge in [-0.2, -0.15) is 4.31 Å². The van der Waals surface area contributed by atoms with E-state index in [1.54, 1.807) is 39.1 Å². The number of rotatable bonds is 12. The van der Waals surface area contributed by atoms with E-state index in [0.29, 0.717) is 47.4 Å². The lowest BCUT2D eigenvalue weighted by atomic mass is 9.70. The number of aromatic nitrogens is 1. The lowest BCUT2D eigenvalue weighted by molar-refractivity contribution is -0.159. The van der Waals surface area contributed by atoms with Gasteiger partial charge in [0.15, 0.2) is 10.8 Å². The molecule has 0 amide bonds. The van der Waals surface area contributed by atoms with Gasteiger partial charge in [0.1, 0.15) is 11.9 Å². The van der Waals surface area contributed by atoms with E-state index in [1.807, 2.05) is 5.38 Å². The summed E-state index contributed by atoms with van der Waals surface area (Å²) in [6, 6.07) is 4.45. The van der Waals surface area contributed by atoms with Gasteiger partial charge in [0.2, 0.25) is 10.0 Å². The first-order valence-corrected chi connectivity index (χ1v) is 23.6. The number of aliphatic imine (C=N–C) groups is 1. The van der Waals surface area contributed by atoms with Crippen LogP contribution in [-0.4, -0.2) is 112 Å². The molecule has 1 saturated carbocycles. The molecule has 6 rings (SSSR count). The maximum atomic E-state index is 14.9. The highest BCUT2D eigenvalue weighted by Crippen LogP contribution is 2.47. The third-order valence-electron chi connectivity index (χ3n) is 10.3. The molecular formula is C35H48FN5O7S2Si. The molecule has 16 heteroatoms. The van der Waals surface area contributed by atoms with Crippen molar-refractivity contribution in [3.8, 4) is 0 Å². The summed E-state index contributed by atoms with van der Waals surface area (Å²) in [6.45, 7) is 13.9. The lowest BCUT2D eigenvalue weighted by Crippen LogP contribution is -2.53. The lowest BCUT2D eigenvalue weighted by Gasteiger charge is -2.43. The number of fused-ring (bicyclic) bond motifs is 1. The Bertz CT molecular complexity index is 1810. The van der Waals surface area contributed by atoms with Gasteiger partial charge in [-0.15, -0.1) is 11.3 Å². The van der Waals surface area contributed by atoms with Gasteiger partial charge in [-0.25, -0.2) is 22.6 Å². The molecule has 0 bridgehead atoms. The number of carbonyl (C=O) groups excluding carboxylic acids is 2. The molecule has 0 radical (unpaired) electrons. The highest BCUT2D eigenvalue weighted by atomic mass is 32.2. The average Bonchev–Trinajstić information content (AvgIpc) is 3.76. The number of morpholine rings is 1. The Morgan fingerprint density at radius 2 is 1.96 bits per heavy atom. The van der Waals surface area contributed by atoms with Crippen LogP contribution in [0.1, 0.15) is 48.9 Å². The monoisotopic (exact) mass is 761 g/mol. The summed E-state index contributed by atoms with van der Waals surface area (Å²) in [7, 11) is -5.10. The summed E-state index contributed by atoms with van der Waals surface area (Å²) in [5, 5.41) is 5.12. The third kappa shape index (κ3) is 7.86. The highest BCUT2D eigenvalue weighted by molar-refractivity contribution is 7.89. The summed E-state index contributed by atoms with van der Waals surface area (Å²) in [4.78, 5) is 38.1. The SMILES string of the molecule is CCOC(=O)C1=C(CN2CCO[C@H]3CN(S(=O)(=O)C4CC(C)(C(=O)OCC[Si](C)(C)C)C4)C[C@H]32)NC(c2nccs2)=N[C@H]1c1cccc(F)c1C. The fourth-order valence-electron chi connectivity index (χ4n) is 7.25. The number of ether oxygens (including phenoxy) is 3. The largest absolute Gasteiger partial charge is 0.466 e. The van der Waals surface area contributed by atoms with Crippen molar-refractivity contribution in [3.63, 3.8) is 0 Å². The Morgan fingerprint density at radius 3 is 2.65 bits per heavy atom. The van der Waals surface area contributed by atoms with Crippen LogP contribution in [0.4, 0.5) is 4.39 Å². The molecule has 2 aromatic rings. The van der Waals surface area contributed by atoms with Crippen molar-refractivity contribution in [2.24, 2.45) is 10.4 Å². The van der Waals surface area contributed by atoms with Gasteiger partial charge < -0.3 is 19.5 Å². The molecular weight excluding hydrogens is 714 g/mol. The van der Waals surface area contributed by atoms with E-state index in [9.17, 15) is 22.4 Å². The molecule has 51 heavy (non-hydrogen) atoms. The number of carbonyl (C=O) groups is 2. The van der Waals surface area contributed by atoms with Crippen LogP contribution in [0.5, 0.6) is 0 Å². The van der Waals surface area contributed by atoms with Crippen LogP contribution in [0.25, 0.3) is 0 Å². The topological polar surface area (TPSA) is 140 Å². The van der Waals surface area contributed by atoms with Crippen LogP contribution >= 0.6 is 11.3 Å². The molecule has 1 aromatic heterocycles. The Morgan fingerprint density at radius 1 is 1.20 bits per heavy atom. The second-order valence-electron chi connectivity index (χ2n) is 15.3. The van der Waals surface area contributed by atoms with Crippen LogP contribution in [0.2, 0.25) is 25.7 Å². The minimum atomic E-state index is -3.73. The summed E-state index contributed by atoms with van der Waals surface area (Å²) >= 11 is 1.39. The van der Waals surface area contributed by atoms with E-state index in [-0.39, 0.29) is 62.8 Å². The molecule has 12 nitrogen and oxygen atoms in total. The zero-order valence-electron chi connectivity index (χ0n) is 30.1. The van der Waals surface area contributed by atoms with E-state index >= 15 is 0 Å². The summed E-state index contributed by atoms with van der Waals surface area (Å²) in [5.74, 6) is -0.845. The second-order valence-corrected chi connectivity index (χ2v) is 24.0. The number of thiazole rings is 1. The first-order chi connectivity index (χ1) is 24.1. The smallest absolute Gasteiger partial charge is 0.338 e. The third-order valence-corrected chi connectivity index (χ3v) is 15.0. The van der Waals surface area contributed by atoms with E-state index in [4.69, 9.17) is 19.2 Å². The molecule has 1 aromatic carbocycles. The van der Waals surface area contributed by atoms with Crippen LogP contribution in [-0.2, 0) is 33.8 Å². The standard InChI is InChI=1S/C35H48FN5O7S2Si/c1-7-46-33(42)29-26(38-31(32-37-11-15-49-32)39-30(29)24-9-8-10-25(36)22(24)2)19-40-12-13-47-28-21-41(20-27(28)40)50(44,45)23-17-35(3,18-23)34(43)48-14-16-51(4,5)6/h8-11,15,23,27-28,30H,7,12-14,16-21H2,1-6H3,(H,38,39)/t23?,27-,28+,30+,35?/m1/s1. The minimum Gasteiger partial charge on any atom is -0.466 e. The molecule has 278 valence electrons. The van der Waals surface area contributed by atoms with Crippen molar-refractivity contribution >= 4 is 47.2 Å². The Labute approximate surface area is 304 Å². The highest BCUT2D eigenvalue weighted by Gasteiger charge is 2.56. The normalized spacial score (nSPS) is 27.3. The van der Waals surface area contributed by atoms with Gasteiger partial charge in [-0.3, -0.25) is 14.7 Å². The molecule has 2 saturated heterocycles. The van der Waals surface area contributed by atoms with Gasteiger partial charge >= 0.3 is 11.9 Å². The summed E-state index contributed by atoms with van der Waals surface area (Å²) in [6.07, 6.45) is 1.72. The van der Waals surface area contributed by atoms with Crippen molar-refractivity contribution < 1.29 is 36.6 Å². The first kappa shape index (κ1) is 37.7. The Kier molecular flexibility index (Phi) is 10.9. The van der Waals surface area contributed by atoms with Gasteiger partial charge in [-0.1, -0.05) is 31.8 Å². The maximum absolute atomic E-state index is 14.9. The van der Waals surface area contributed by atoms with E-state index in [0.717, 1.165) is 6.04 Å². The van der Waals surface area contributed by atoms with E-state index < -0.39 is 46.6 Å². The van der Waals surface area contributed by atoms with Crippen LogP contribution in [0.3, 0.4) is 0 Å². The fraction of sp³-hybridized carbons (Fsp3) is 0.600. The van der Waals surface area contributed by atoms with Crippen molar-refractivity contribution in [1.82, 2.24) is 19.5 Å². The number of benzene rings is 1. The summed E-state index contributed by atoms with van der Waals surface area (Å²) in [5.41, 5.74) is 0.898. The number of amidine groups is 1. The predicted molar refractivity (Wildman–Crippen MR) is 195 cm³/mol. The number of esters is 2. The maximum Gasteiger partial charge on any atom is 0.338 e. The predicted octanol–water partition coefficient (Wildman–Crippen LogP) is 4.26. The molecule has 0 spiro atoms. The Balaban J connectivity index is 1.22. The van der Waals surface area contributed by atoms with E-state index in [2.05, 4.69) is 34.8 Å². The number of hydrogen-bond acceptors (Lipinski definition) is 12. The van der Waals surface area contributed by atoms with Crippen LogP contribution < -0.4 is 5.32 Å². The van der Waals surface area contributed by atoms with Gasteiger partial charge in [0.25, 0.3) is 0 Å². The number of sulfonamides is 1. The van der Waals surface area contributed by atoms with Gasteiger partial charge in [-0.05, 0) is 56.9 Å². The molecule has 1 aliphatic carbocycles. The summed E-state index contributed by atoms with van der Waals surface area (Å²) < 4.78 is 61.5. The van der Waals surface area contributed by atoms with E-state index in [1.165, 1.54) is 21.7 Å². The number of hydrogen-bond donors (Lipinski definition) is 1. The second kappa shape index (κ2) is 14.8.